The van der Waals surface area contributed by atoms with Crippen molar-refractivity contribution in [3.05, 3.63) is 0 Å². The molecule has 0 heterocycles. The molecule has 0 aliphatic carbocycles. The molecule has 0 bridgehead atoms. The molecule has 0 aliphatic heterocycles. The van der Waals surface area contributed by atoms with Gasteiger partial charge in [-0.05, 0) is 0 Å². The van der Waals surface area contributed by atoms with Crippen LogP contribution in [0.1, 0.15) is 1.43 Å². The molecule has 1 nitrogen and oxygen atoms in total. The second-order valence-electron chi connectivity index (χ2n) is 0. The van der Waals surface area contributed by atoms with Crippen LogP contribution >= 0.6 is 0 Å². The zero-order valence-corrected chi connectivity index (χ0v) is 6.93. The van der Waals surface area contributed by atoms with E-state index in [1.54, 1.807) is 0 Å². The molecule has 0 rings (SSSR count). The normalized spacial score (nSPS) is 0.750. The summed E-state index contributed by atoms with van der Waals surface area (Å²) < 4.78 is 8.25. The molecule has 0 aromatic rings. The average Bonchev–Trinajstić information content (AvgIpc) is 1.00. The zero-order chi connectivity index (χ0) is 2.00. The van der Waals surface area contributed by atoms with E-state index >= 15 is 0 Å². The summed E-state index contributed by atoms with van der Waals surface area (Å²) in [5.74, 6) is 0. The second-order valence-corrected chi connectivity index (χ2v) is 0. The molecule has 0 aromatic carbocycles. The first-order valence-electron chi connectivity index (χ1n) is 0.204. The molecule has 0 atom stereocenters. The zero-order valence-electron chi connectivity index (χ0n) is 3.26. The van der Waals surface area contributed by atoms with E-state index in [4.69, 9.17) is 3.32 Å². The summed E-state index contributed by atoms with van der Waals surface area (Å²) in [7, 11) is 0. The van der Waals surface area contributed by atoms with Crippen LogP contribution in [0.5, 0.6) is 0 Å². The van der Waals surface area contributed by atoms with Crippen molar-refractivity contribution >= 4 is 0 Å². The van der Waals surface area contributed by atoms with Crippen molar-refractivity contribution < 1.29 is 71.8 Å². The van der Waals surface area contributed by atoms with E-state index in [-0.39, 0.29) is 48.1 Å². The van der Waals surface area contributed by atoms with Gasteiger partial charge in [-0.2, -0.15) is 0 Å². The Morgan fingerprint density at radius 2 is 1.50 bits per heavy atom. The molecule has 0 aliphatic rings. The van der Waals surface area contributed by atoms with Crippen LogP contribution in [0.2, 0.25) is 0 Å². The number of hydrogen-bond acceptors (Lipinski definition) is 1. The minimum atomic E-state index is 0. The van der Waals surface area contributed by atoms with Crippen molar-refractivity contribution in [1.82, 2.24) is 0 Å². The van der Waals surface area contributed by atoms with Crippen LogP contribution in [0.15, 0.2) is 0 Å². The van der Waals surface area contributed by atoms with Gasteiger partial charge in [-0.15, -0.1) is 0 Å². The van der Waals surface area contributed by atoms with Crippen LogP contribution in [0.3, 0.4) is 0 Å². The van der Waals surface area contributed by atoms with Crippen LogP contribution in [-0.4, -0.2) is 0 Å². The van der Waals surface area contributed by atoms with Gasteiger partial charge in [0.1, 0.15) is 0 Å². The molecule has 0 spiro atoms. The molecular weight excluding hydrogens is 143 g/mol. The molecule has 0 saturated heterocycles. The standard InChI is InChI=1S/Fe.Na.O.Ti.H/q;+1;;;-1. The Kier molecular flexibility index (Phi) is 82.2. The SMILES string of the molecule is [Fe].[H-].[Na+].[O]=[Ti]. The quantitative estimate of drug-likeness (QED) is 0.331. The van der Waals surface area contributed by atoms with Crippen molar-refractivity contribution in [2.45, 2.75) is 0 Å². The summed E-state index contributed by atoms with van der Waals surface area (Å²) in [5.41, 5.74) is 0. The molecule has 0 fully saturated rings. The maximum atomic E-state index is 8.25. The molecule has 0 aromatic heterocycles. The van der Waals surface area contributed by atoms with E-state index < -0.39 is 0 Å². The predicted octanol–water partition coefficient (Wildman–Crippen LogP) is -3.01. The summed E-state index contributed by atoms with van der Waals surface area (Å²) in [6, 6.07) is 0. The fourth-order valence-electron chi connectivity index (χ4n) is 0. The Morgan fingerprint density at radius 3 is 1.50 bits per heavy atom. The van der Waals surface area contributed by atoms with Crippen molar-refractivity contribution in [2.24, 2.45) is 0 Å². The molecule has 0 N–H and O–H groups in total. The molecule has 4 heteroatoms. The van der Waals surface area contributed by atoms with Gasteiger partial charge in [0.05, 0.1) is 0 Å². The first kappa shape index (κ1) is 16.6. The summed E-state index contributed by atoms with van der Waals surface area (Å²) in [6.45, 7) is 0. The third-order valence-corrected chi connectivity index (χ3v) is 0. The van der Waals surface area contributed by atoms with Crippen LogP contribution in [0.25, 0.3) is 0 Å². The van der Waals surface area contributed by atoms with Crippen molar-refractivity contribution in [3.63, 3.8) is 0 Å². The Labute approximate surface area is 70.9 Å². The fraction of sp³-hybridized carbons (Fsp3) is 0. The van der Waals surface area contributed by atoms with Crippen molar-refractivity contribution in [3.8, 4) is 0 Å². The molecule has 0 saturated carbocycles. The fourth-order valence-corrected chi connectivity index (χ4v) is 0. The van der Waals surface area contributed by atoms with Crippen molar-refractivity contribution in [2.75, 3.05) is 0 Å². The van der Waals surface area contributed by atoms with Gasteiger partial charge in [0, 0.05) is 17.1 Å². The Balaban J connectivity index is -0.00000000167. The molecule has 0 unspecified atom stereocenters. The molecule has 20 valence electrons. The summed E-state index contributed by atoms with van der Waals surface area (Å²) in [4.78, 5) is 0. The van der Waals surface area contributed by atoms with Gasteiger partial charge < -0.3 is 1.43 Å². The Bertz CT molecular complexity index is 11.6. The summed E-state index contributed by atoms with van der Waals surface area (Å²) >= 11 is 0.750. The van der Waals surface area contributed by atoms with Gasteiger partial charge >= 0.3 is 53.3 Å². The van der Waals surface area contributed by atoms with Crippen LogP contribution < -0.4 is 29.6 Å². The van der Waals surface area contributed by atoms with Gasteiger partial charge in [0.25, 0.3) is 0 Å². The first-order chi connectivity index (χ1) is 1.00. The van der Waals surface area contributed by atoms with Gasteiger partial charge in [-0.1, -0.05) is 0 Å². The van der Waals surface area contributed by atoms with Gasteiger partial charge in [-0.25, -0.2) is 0 Å². The minimum absolute atomic E-state index is 0. The third kappa shape index (κ3) is 8.98. The van der Waals surface area contributed by atoms with E-state index in [0.717, 1.165) is 20.4 Å². The molecule has 4 heavy (non-hydrogen) atoms. The Hall–Kier alpha value is 2.03. The summed E-state index contributed by atoms with van der Waals surface area (Å²) in [5, 5.41) is 0. The van der Waals surface area contributed by atoms with Gasteiger partial charge in [0.15, 0.2) is 0 Å². The number of rotatable bonds is 0. The topological polar surface area (TPSA) is 17.1 Å². The van der Waals surface area contributed by atoms with Gasteiger partial charge in [0.2, 0.25) is 0 Å². The van der Waals surface area contributed by atoms with Crippen LogP contribution in [0, 0.1) is 0 Å². The molecule has 0 radical (unpaired) electrons. The van der Waals surface area contributed by atoms with Crippen molar-refractivity contribution in [1.29, 1.82) is 0 Å². The second kappa shape index (κ2) is 19.8. The third-order valence-electron chi connectivity index (χ3n) is 0. The van der Waals surface area contributed by atoms with Crippen LogP contribution in [0.4, 0.5) is 0 Å². The Morgan fingerprint density at radius 1 is 1.50 bits per heavy atom. The number of hydrogen-bond donors (Lipinski definition) is 0. The van der Waals surface area contributed by atoms with E-state index in [0.29, 0.717) is 0 Å². The summed E-state index contributed by atoms with van der Waals surface area (Å²) in [6.07, 6.45) is 0. The van der Waals surface area contributed by atoms with Gasteiger partial charge in [-0.3, -0.25) is 0 Å². The van der Waals surface area contributed by atoms with E-state index in [9.17, 15) is 0 Å². The predicted molar refractivity (Wildman–Crippen MR) is 1.80 cm³/mol. The molecular formula is HFeNaOTi. The van der Waals surface area contributed by atoms with E-state index in [2.05, 4.69) is 0 Å². The first-order valence-corrected chi connectivity index (χ1v) is 0.842. The van der Waals surface area contributed by atoms with E-state index in [1.165, 1.54) is 0 Å². The van der Waals surface area contributed by atoms with E-state index in [1.807, 2.05) is 0 Å². The molecule has 0 amide bonds. The monoisotopic (exact) mass is 144 g/mol. The van der Waals surface area contributed by atoms with Crippen LogP contribution in [-0.2, 0) is 40.8 Å². The average molecular weight is 144 g/mol. The maximum absolute atomic E-state index is 8.25.